The van der Waals surface area contributed by atoms with E-state index in [1.54, 1.807) is 0 Å². The van der Waals surface area contributed by atoms with Gasteiger partial charge in [-0.25, -0.2) is 4.79 Å². The predicted octanol–water partition coefficient (Wildman–Crippen LogP) is 2.16. The van der Waals surface area contributed by atoms with Crippen molar-refractivity contribution >= 4 is 17.3 Å². The minimum atomic E-state index is -0.292. The summed E-state index contributed by atoms with van der Waals surface area (Å²) in [7, 11) is 1.42. The van der Waals surface area contributed by atoms with Crippen LogP contribution in [0.1, 0.15) is 30.1 Å². The highest BCUT2D eigenvalue weighted by molar-refractivity contribution is 5.93. The molecular formula is C19H27N3O3. The van der Waals surface area contributed by atoms with Crippen LogP contribution in [-0.4, -0.2) is 63.0 Å². The van der Waals surface area contributed by atoms with E-state index in [0.717, 1.165) is 56.5 Å². The van der Waals surface area contributed by atoms with Gasteiger partial charge in [0.15, 0.2) is 0 Å². The molecule has 3 aliphatic rings. The second-order valence-electron chi connectivity index (χ2n) is 7.47. The normalized spacial score (nSPS) is 28.4. The number of anilines is 2. The lowest BCUT2D eigenvalue weighted by atomic mass is 10.1. The molecule has 25 heavy (non-hydrogen) atoms. The van der Waals surface area contributed by atoms with Crippen LogP contribution in [0.15, 0.2) is 18.2 Å². The van der Waals surface area contributed by atoms with Crippen LogP contribution in [0.2, 0.25) is 0 Å². The lowest BCUT2D eigenvalue weighted by molar-refractivity contribution is -0.0451. The maximum Gasteiger partial charge on any atom is 0.337 e. The molecule has 4 rings (SSSR count). The second kappa shape index (κ2) is 6.84. The summed E-state index contributed by atoms with van der Waals surface area (Å²) in [6.45, 7) is 7.35. The van der Waals surface area contributed by atoms with E-state index in [-0.39, 0.29) is 18.2 Å². The van der Waals surface area contributed by atoms with Crippen LogP contribution in [0.25, 0.3) is 0 Å². The van der Waals surface area contributed by atoms with Gasteiger partial charge in [-0.1, -0.05) is 6.92 Å². The Morgan fingerprint density at radius 2 is 2.20 bits per heavy atom. The van der Waals surface area contributed by atoms with Crippen LogP contribution < -0.4 is 10.2 Å². The zero-order chi connectivity index (χ0) is 17.4. The first-order chi connectivity index (χ1) is 12.1. The number of carbonyl (C=O) groups is 1. The van der Waals surface area contributed by atoms with E-state index >= 15 is 0 Å². The lowest BCUT2D eigenvalue weighted by Gasteiger charge is -2.36. The summed E-state index contributed by atoms with van der Waals surface area (Å²) in [6.07, 6.45) is 2.89. The summed E-state index contributed by atoms with van der Waals surface area (Å²) in [5.74, 6) is 0.484. The van der Waals surface area contributed by atoms with Crippen LogP contribution in [0.3, 0.4) is 0 Å². The van der Waals surface area contributed by atoms with Crippen molar-refractivity contribution in [1.29, 1.82) is 0 Å². The fourth-order valence-corrected chi connectivity index (χ4v) is 4.02. The predicted molar refractivity (Wildman–Crippen MR) is 97.1 cm³/mol. The fourth-order valence-electron chi connectivity index (χ4n) is 4.02. The number of likely N-dealkylation sites (tertiary alicyclic amines) is 1. The van der Waals surface area contributed by atoms with E-state index in [4.69, 9.17) is 9.47 Å². The second-order valence-corrected chi connectivity index (χ2v) is 7.47. The molecule has 3 atom stereocenters. The number of methoxy groups -OCH3 is 1. The molecule has 2 saturated heterocycles. The Balaban J connectivity index is 1.55. The Bertz CT molecular complexity index is 647. The van der Waals surface area contributed by atoms with Crippen LogP contribution >= 0.6 is 0 Å². The van der Waals surface area contributed by atoms with Crippen molar-refractivity contribution in [2.45, 2.75) is 32.0 Å². The van der Waals surface area contributed by atoms with E-state index < -0.39 is 0 Å². The van der Waals surface area contributed by atoms with E-state index in [1.807, 2.05) is 18.2 Å². The Kier molecular flexibility index (Phi) is 4.56. The molecule has 3 unspecified atom stereocenters. The summed E-state index contributed by atoms with van der Waals surface area (Å²) in [4.78, 5) is 16.8. The quantitative estimate of drug-likeness (QED) is 0.826. The van der Waals surface area contributed by atoms with Gasteiger partial charge in [0.2, 0.25) is 0 Å². The molecule has 3 heterocycles. The van der Waals surface area contributed by atoms with Gasteiger partial charge in [-0.2, -0.15) is 0 Å². The van der Waals surface area contributed by atoms with Crippen LogP contribution in [0, 0.1) is 5.92 Å². The third-order valence-corrected chi connectivity index (χ3v) is 5.56. The summed E-state index contributed by atoms with van der Waals surface area (Å²) in [6, 6.07) is 5.76. The first kappa shape index (κ1) is 16.7. The standard InChI is InChI=1S/C19H27N3O3/c1-13-5-7-21(10-13)12-18-20-16-4-3-14(19(23)24-2)9-17(16)22(18)11-15-6-8-25-15/h3-4,9,13,15,18,20H,5-8,10-12H2,1-2H3. The molecule has 0 bridgehead atoms. The molecule has 0 amide bonds. The summed E-state index contributed by atoms with van der Waals surface area (Å²) in [5, 5.41) is 3.64. The van der Waals surface area contributed by atoms with E-state index in [9.17, 15) is 4.79 Å². The van der Waals surface area contributed by atoms with Crippen LogP contribution in [0.4, 0.5) is 11.4 Å². The zero-order valence-electron chi connectivity index (χ0n) is 15.0. The molecule has 1 aromatic carbocycles. The molecule has 6 nitrogen and oxygen atoms in total. The minimum absolute atomic E-state index is 0.220. The third-order valence-electron chi connectivity index (χ3n) is 5.56. The van der Waals surface area contributed by atoms with Crippen molar-refractivity contribution in [3.8, 4) is 0 Å². The Morgan fingerprint density at radius 3 is 2.84 bits per heavy atom. The van der Waals surface area contributed by atoms with Crippen molar-refractivity contribution in [1.82, 2.24) is 4.90 Å². The monoisotopic (exact) mass is 345 g/mol. The molecule has 0 radical (unpaired) electrons. The van der Waals surface area contributed by atoms with E-state index in [2.05, 4.69) is 22.0 Å². The Morgan fingerprint density at radius 1 is 1.36 bits per heavy atom. The number of carbonyl (C=O) groups excluding carboxylic acids is 1. The highest BCUT2D eigenvalue weighted by Crippen LogP contribution is 2.37. The number of nitrogens with one attached hydrogen (secondary N) is 1. The molecule has 3 aliphatic heterocycles. The molecule has 2 fully saturated rings. The number of esters is 1. The molecule has 0 spiro atoms. The van der Waals surface area contributed by atoms with Crippen molar-refractivity contribution < 1.29 is 14.3 Å². The number of nitrogens with zero attached hydrogens (tertiary/aromatic N) is 2. The van der Waals surface area contributed by atoms with Crippen molar-refractivity contribution in [2.75, 3.05) is 50.1 Å². The highest BCUT2D eigenvalue weighted by atomic mass is 16.5. The SMILES string of the molecule is COC(=O)c1ccc2c(c1)N(CC1CCO1)C(CN1CCC(C)C1)N2. The number of hydrogen-bond acceptors (Lipinski definition) is 6. The molecule has 136 valence electrons. The van der Waals surface area contributed by atoms with Gasteiger partial charge >= 0.3 is 5.97 Å². The van der Waals surface area contributed by atoms with Gasteiger partial charge in [0.1, 0.15) is 6.17 Å². The van der Waals surface area contributed by atoms with Crippen molar-refractivity contribution in [3.05, 3.63) is 23.8 Å². The van der Waals surface area contributed by atoms with Crippen molar-refractivity contribution in [3.63, 3.8) is 0 Å². The third kappa shape index (κ3) is 3.33. The number of benzene rings is 1. The molecule has 1 N–H and O–H groups in total. The maximum absolute atomic E-state index is 11.9. The van der Waals surface area contributed by atoms with Gasteiger partial charge in [0, 0.05) is 26.2 Å². The molecule has 0 aliphatic carbocycles. The number of fused-ring (bicyclic) bond motifs is 1. The van der Waals surface area contributed by atoms with Crippen LogP contribution in [-0.2, 0) is 9.47 Å². The van der Waals surface area contributed by atoms with Gasteiger partial charge < -0.3 is 19.7 Å². The fraction of sp³-hybridized carbons (Fsp3) is 0.632. The molecule has 0 aromatic heterocycles. The molecule has 0 saturated carbocycles. The van der Waals surface area contributed by atoms with Gasteiger partial charge in [-0.05, 0) is 43.5 Å². The minimum Gasteiger partial charge on any atom is -0.465 e. The number of rotatable bonds is 5. The summed E-state index contributed by atoms with van der Waals surface area (Å²) >= 11 is 0. The first-order valence-electron chi connectivity index (χ1n) is 9.23. The highest BCUT2D eigenvalue weighted by Gasteiger charge is 2.35. The van der Waals surface area contributed by atoms with E-state index in [1.165, 1.54) is 13.5 Å². The average molecular weight is 345 g/mol. The Labute approximate surface area is 149 Å². The van der Waals surface area contributed by atoms with Gasteiger partial charge in [0.25, 0.3) is 0 Å². The number of ether oxygens (including phenoxy) is 2. The number of hydrogen-bond donors (Lipinski definition) is 1. The largest absolute Gasteiger partial charge is 0.465 e. The summed E-state index contributed by atoms with van der Waals surface area (Å²) in [5.41, 5.74) is 2.76. The zero-order valence-corrected chi connectivity index (χ0v) is 15.0. The van der Waals surface area contributed by atoms with Crippen molar-refractivity contribution in [2.24, 2.45) is 5.92 Å². The smallest absolute Gasteiger partial charge is 0.337 e. The van der Waals surface area contributed by atoms with E-state index in [0.29, 0.717) is 5.56 Å². The Hall–Kier alpha value is -1.79. The topological polar surface area (TPSA) is 54.0 Å². The van der Waals surface area contributed by atoms with Gasteiger partial charge in [0.05, 0.1) is 30.2 Å². The average Bonchev–Trinajstić information content (AvgIpc) is 3.13. The van der Waals surface area contributed by atoms with Crippen LogP contribution in [0.5, 0.6) is 0 Å². The molecule has 1 aromatic rings. The van der Waals surface area contributed by atoms with Gasteiger partial charge in [-0.15, -0.1) is 0 Å². The molecular weight excluding hydrogens is 318 g/mol. The molecule has 6 heteroatoms. The summed E-state index contributed by atoms with van der Waals surface area (Å²) < 4.78 is 10.5. The lowest BCUT2D eigenvalue weighted by Crippen LogP contribution is -2.49. The first-order valence-corrected chi connectivity index (χ1v) is 9.23. The van der Waals surface area contributed by atoms with Gasteiger partial charge in [-0.3, -0.25) is 4.90 Å². The maximum atomic E-state index is 11.9.